The van der Waals surface area contributed by atoms with E-state index in [-0.39, 0.29) is 25.0 Å². The number of hydrogen-bond acceptors (Lipinski definition) is 4. The van der Waals surface area contributed by atoms with Gasteiger partial charge in [-0.1, -0.05) is 18.2 Å². The smallest absolute Gasteiger partial charge is 0.225 e. The van der Waals surface area contributed by atoms with Crippen LogP contribution >= 0.6 is 0 Å². The Kier molecular flexibility index (Phi) is 4.07. The Labute approximate surface area is 112 Å². The van der Waals surface area contributed by atoms with Crippen LogP contribution in [0.5, 0.6) is 0 Å². The second kappa shape index (κ2) is 5.59. The lowest BCUT2D eigenvalue weighted by atomic mass is 9.92. The second-order valence-corrected chi connectivity index (χ2v) is 5.31. The Morgan fingerprint density at radius 1 is 1.42 bits per heavy atom. The maximum Gasteiger partial charge on any atom is 0.225 e. The van der Waals surface area contributed by atoms with Crippen molar-refractivity contribution in [1.82, 2.24) is 5.32 Å². The van der Waals surface area contributed by atoms with E-state index in [9.17, 15) is 15.0 Å². The van der Waals surface area contributed by atoms with Gasteiger partial charge in [-0.2, -0.15) is 0 Å². The second-order valence-electron chi connectivity index (χ2n) is 5.31. The van der Waals surface area contributed by atoms with Gasteiger partial charge in [0.2, 0.25) is 5.91 Å². The molecule has 4 N–H and O–H groups in total. The van der Waals surface area contributed by atoms with Crippen LogP contribution in [0.15, 0.2) is 24.3 Å². The van der Waals surface area contributed by atoms with Gasteiger partial charge in [0, 0.05) is 12.2 Å². The van der Waals surface area contributed by atoms with Gasteiger partial charge in [0.25, 0.3) is 0 Å². The molecule has 1 aromatic carbocycles. The van der Waals surface area contributed by atoms with Crippen LogP contribution in [-0.4, -0.2) is 41.4 Å². The molecule has 0 saturated carbocycles. The quantitative estimate of drug-likeness (QED) is 0.623. The van der Waals surface area contributed by atoms with E-state index in [0.29, 0.717) is 13.0 Å². The molecule has 1 heterocycles. The molecule has 0 bridgehead atoms. The van der Waals surface area contributed by atoms with E-state index in [1.807, 2.05) is 24.3 Å². The van der Waals surface area contributed by atoms with Crippen molar-refractivity contribution in [3.63, 3.8) is 0 Å². The molecule has 2 rings (SSSR count). The van der Waals surface area contributed by atoms with Crippen molar-refractivity contribution in [3.8, 4) is 0 Å². The number of rotatable bonds is 4. The first-order valence-corrected chi connectivity index (χ1v) is 6.43. The molecule has 1 atom stereocenters. The number of aliphatic hydroxyl groups excluding tert-OH is 2. The third-order valence-electron chi connectivity index (χ3n) is 3.52. The van der Waals surface area contributed by atoms with Crippen molar-refractivity contribution in [3.05, 3.63) is 29.8 Å². The monoisotopic (exact) mass is 264 g/mol. The first-order chi connectivity index (χ1) is 9.08. The minimum Gasteiger partial charge on any atom is -0.394 e. The van der Waals surface area contributed by atoms with Gasteiger partial charge in [-0.3, -0.25) is 4.79 Å². The van der Waals surface area contributed by atoms with E-state index < -0.39 is 5.54 Å². The number of carbonyl (C=O) groups excluding carboxylic acids is 1. The molecule has 1 amide bonds. The zero-order chi connectivity index (χ0) is 13.9. The third-order valence-corrected chi connectivity index (χ3v) is 3.52. The molecule has 0 fully saturated rings. The van der Waals surface area contributed by atoms with Gasteiger partial charge in [0.05, 0.1) is 24.7 Å². The molecule has 0 radical (unpaired) electrons. The van der Waals surface area contributed by atoms with Crippen LogP contribution in [0.4, 0.5) is 5.69 Å². The summed E-state index contributed by atoms with van der Waals surface area (Å²) in [5.41, 5.74) is 1.22. The Bertz CT molecular complexity index is 458. The fourth-order valence-electron chi connectivity index (χ4n) is 2.16. The molecular weight excluding hydrogens is 244 g/mol. The van der Waals surface area contributed by atoms with Gasteiger partial charge in [0.15, 0.2) is 0 Å². The molecule has 0 spiro atoms. The molecule has 0 saturated heterocycles. The van der Waals surface area contributed by atoms with Crippen LogP contribution < -0.4 is 10.6 Å². The van der Waals surface area contributed by atoms with Gasteiger partial charge in [0.1, 0.15) is 0 Å². The van der Waals surface area contributed by atoms with Gasteiger partial charge in [-0.25, -0.2) is 0 Å². The van der Waals surface area contributed by atoms with E-state index in [1.165, 1.54) is 0 Å². The fraction of sp³-hybridized carbons (Fsp3) is 0.500. The summed E-state index contributed by atoms with van der Waals surface area (Å²) in [7, 11) is 0. The summed E-state index contributed by atoms with van der Waals surface area (Å²) in [5, 5.41) is 24.3. The maximum absolute atomic E-state index is 12.2. The minimum atomic E-state index is -0.964. The predicted octanol–water partition coefficient (Wildman–Crippen LogP) is 0.130. The molecule has 19 heavy (non-hydrogen) atoms. The highest BCUT2D eigenvalue weighted by atomic mass is 16.3. The van der Waals surface area contributed by atoms with Gasteiger partial charge < -0.3 is 20.8 Å². The van der Waals surface area contributed by atoms with Crippen molar-refractivity contribution >= 4 is 11.6 Å². The SMILES string of the molecule is CC(CO)(CO)NC(=O)C1CNc2ccccc2C1. The molecule has 1 unspecified atom stereocenters. The number of hydrogen-bond donors (Lipinski definition) is 4. The standard InChI is InChI=1S/C14H20N2O3/c1-14(8-17,9-18)16-13(19)11-6-10-4-2-3-5-12(10)15-7-11/h2-5,11,15,17-18H,6-9H2,1H3,(H,16,19). The largest absolute Gasteiger partial charge is 0.394 e. The van der Waals surface area contributed by atoms with Crippen molar-refractivity contribution in [2.75, 3.05) is 25.1 Å². The maximum atomic E-state index is 12.2. The van der Waals surface area contributed by atoms with Crippen LogP contribution in [-0.2, 0) is 11.2 Å². The number of amides is 1. The molecule has 1 aliphatic rings. The topological polar surface area (TPSA) is 81.6 Å². The lowest BCUT2D eigenvalue weighted by Crippen LogP contribution is -2.54. The highest BCUT2D eigenvalue weighted by Gasteiger charge is 2.30. The molecular formula is C14H20N2O3. The molecule has 0 aliphatic carbocycles. The van der Waals surface area contributed by atoms with Crippen LogP contribution in [0, 0.1) is 5.92 Å². The Balaban J connectivity index is 2.03. The van der Waals surface area contributed by atoms with Crippen molar-refractivity contribution < 1.29 is 15.0 Å². The van der Waals surface area contributed by atoms with Crippen molar-refractivity contribution in [2.24, 2.45) is 5.92 Å². The highest BCUT2D eigenvalue weighted by molar-refractivity contribution is 5.81. The minimum absolute atomic E-state index is 0.146. The van der Waals surface area contributed by atoms with E-state index >= 15 is 0 Å². The predicted molar refractivity (Wildman–Crippen MR) is 72.8 cm³/mol. The Morgan fingerprint density at radius 2 is 2.11 bits per heavy atom. The Hall–Kier alpha value is -1.59. The van der Waals surface area contributed by atoms with Gasteiger partial charge in [-0.15, -0.1) is 0 Å². The summed E-state index contributed by atoms with van der Waals surface area (Å²) in [6, 6.07) is 7.90. The molecule has 5 nitrogen and oxygen atoms in total. The van der Waals surface area contributed by atoms with Gasteiger partial charge in [-0.05, 0) is 25.0 Å². The fourth-order valence-corrected chi connectivity index (χ4v) is 2.16. The van der Waals surface area contributed by atoms with Crippen molar-refractivity contribution in [2.45, 2.75) is 18.9 Å². The Morgan fingerprint density at radius 3 is 2.79 bits per heavy atom. The summed E-state index contributed by atoms with van der Waals surface area (Å²) >= 11 is 0. The number of para-hydroxylation sites is 1. The van der Waals surface area contributed by atoms with E-state index in [0.717, 1.165) is 11.3 Å². The third kappa shape index (κ3) is 3.05. The summed E-state index contributed by atoms with van der Waals surface area (Å²) in [5.74, 6) is -0.333. The summed E-state index contributed by atoms with van der Waals surface area (Å²) < 4.78 is 0. The van der Waals surface area contributed by atoms with Crippen LogP contribution in [0.2, 0.25) is 0 Å². The van der Waals surface area contributed by atoms with Crippen molar-refractivity contribution in [1.29, 1.82) is 0 Å². The molecule has 1 aliphatic heterocycles. The zero-order valence-corrected chi connectivity index (χ0v) is 11.0. The van der Waals surface area contributed by atoms with Crippen LogP contribution in [0.1, 0.15) is 12.5 Å². The van der Waals surface area contributed by atoms with Crippen LogP contribution in [0.25, 0.3) is 0 Å². The summed E-state index contributed by atoms with van der Waals surface area (Å²) in [6.07, 6.45) is 0.669. The summed E-state index contributed by atoms with van der Waals surface area (Å²) in [4.78, 5) is 12.2. The lowest BCUT2D eigenvalue weighted by molar-refractivity contribution is -0.127. The average molecular weight is 264 g/mol. The molecule has 104 valence electrons. The van der Waals surface area contributed by atoms with Crippen LogP contribution in [0.3, 0.4) is 0 Å². The summed E-state index contributed by atoms with van der Waals surface area (Å²) in [6.45, 7) is 1.61. The first kappa shape index (κ1) is 13.8. The number of anilines is 1. The normalized spacial score (nSPS) is 18.4. The molecule has 0 aromatic heterocycles. The highest BCUT2D eigenvalue weighted by Crippen LogP contribution is 2.24. The first-order valence-electron chi connectivity index (χ1n) is 6.43. The number of fused-ring (bicyclic) bond motifs is 1. The van der Waals surface area contributed by atoms with Gasteiger partial charge >= 0.3 is 0 Å². The average Bonchev–Trinajstić information content (AvgIpc) is 2.46. The number of carbonyl (C=O) groups is 1. The number of benzene rings is 1. The lowest BCUT2D eigenvalue weighted by Gasteiger charge is -2.31. The van der Waals surface area contributed by atoms with E-state index in [1.54, 1.807) is 6.92 Å². The number of nitrogens with one attached hydrogen (secondary N) is 2. The number of aliphatic hydroxyl groups is 2. The molecule has 5 heteroatoms. The van der Waals surface area contributed by atoms with E-state index in [4.69, 9.17) is 0 Å². The van der Waals surface area contributed by atoms with E-state index in [2.05, 4.69) is 10.6 Å². The molecule has 1 aromatic rings. The zero-order valence-electron chi connectivity index (χ0n) is 11.0.